The zero-order valence-corrected chi connectivity index (χ0v) is 27.1. The van der Waals surface area contributed by atoms with Crippen molar-refractivity contribution in [2.24, 2.45) is 0 Å². The molecule has 5 nitrogen and oxygen atoms in total. The second-order valence-electron chi connectivity index (χ2n) is 11.8. The van der Waals surface area contributed by atoms with Crippen LogP contribution in [0.4, 0.5) is 0 Å². The maximum atomic E-state index is 6.40. The zero-order chi connectivity index (χ0) is 30.6. The van der Waals surface area contributed by atoms with E-state index in [4.69, 9.17) is 24.4 Å². The molecule has 0 fully saturated rings. The normalized spacial score (nSPS) is 11.1. The number of aryl methyl sites for hydroxylation is 4. The molecule has 3 aromatic carbocycles. The largest absolute Gasteiger partial charge is 0.493 e. The topological polar surface area (TPSA) is 57.1 Å². The molecule has 4 rings (SSSR count). The molecule has 0 aliphatic carbocycles. The summed E-state index contributed by atoms with van der Waals surface area (Å²) in [5.41, 5.74) is 7.56. The van der Waals surface area contributed by atoms with Crippen LogP contribution < -0.4 is 9.47 Å². The third-order valence-corrected chi connectivity index (χ3v) is 7.85. The summed E-state index contributed by atoms with van der Waals surface area (Å²) in [4.78, 5) is 15.1. The Hall–Kier alpha value is -3.73. The molecule has 0 unspecified atom stereocenters. The number of hydrogen-bond donors (Lipinski definition) is 0. The lowest BCUT2D eigenvalue weighted by atomic mass is 10.0. The summed E-state index contributed by atoms with van der Waals surface area (Å²) in [5.74, 6) is 3.51. The van der Waals surface area contributed by atoms with Crippen LogP contribution in [0.25, 0.3) is 34.2 Å². The van der Waals surface area contributed by atoms with Crippen molar-refractivity contribution >= 4 is 0 Å². The first-order valence-electron chi connectivity index (χ1n) is 16.2. The van der Waals surface area contributed by atoms with Gasteiger partial charge < -0.3 is 9.47 Å². The average Bonchev–Trinajstić information content (AvgIpc) is 2.99. The average molecular weight is 580 g/mol. The molecule has 5 heteroatoms. The number of rotatable bonds is 16. The maximum absolute atomic E-state index is 6.40. The van der Waals surface area contributed by atoms with Gasteiger partial charge in [0.2, 0.25) is 0 Å². The lowest BCUT2D eigenvalue weighted by Gasteiger charge is -2.16. The Bertz CT molecular complexity index is 1410. The minimum absolute atomic E-state index is 0.605. The first kappa shape index (κ1) is 32.2. The van der Waals surface area contributed by atoms with Crippen LogP contribution in [-0.2, 0) is 0 Å². The van der Waals surface area contributed by atoms with Gasteiger partial charge in [0.25, 0.3) is 0 Å². The van der Waals surface area contributed by atoms with Gasteiger partial charge in [-0.05, 0) is 63.8 Å². The van der Waals surface area contributed by atoms with E-state index in [2.05, 4.69) is 77.9 Å². The van der Waals surface area contributed by atoms with Crippen LogP contribution in [0.15, 0.2) is 54.6 Å². The highest BCUT2D eigenvalue weighted by molar-refractivity contribution is 5.72. The lowest BCUT2D eigenvalue weighted by Crippen LogP contribution is -2.05. The molecule has 1 aromatic heterocycles. The number of unbranched alkanes of at least 4 members (excludes halogenated alkanes) is 7. The summed E-state index contributed by atoms with van der Waals surface area (Å²) in [6.45, 7) is 14.2. The predicted octanol–water partition coefficient (Wildman–Crippen LogP) is 10.4. The van der Waals surface area contributed by atoms with Crippen LogP contribution in [0, 0.1) is 27.7 Å². The van der Waals surface area contributed by atoms with E-state index in [0.29, 0.717) is 30.7 Å². The van der Waals surface area contributed by atoms with E-state index in [1.807, 2.05) is 18.2 Å². The van der Waals surface area contributed by atoms with Gasteiger partial charge in [0, 0.05) is 17.2 Å². The van der Waals surface area contributed by atoms with Crippen LogP contribution in [0.2, 0.25) is 0 Å². The third kappa shape index (κ3) is 9.13. The van der Waals surface area contributed by atoms with Crippen molar-refractivity contribution in [3.05, 3.63) is 76.9 Å². The predicted molar refractivity (Wildman–Crippen MR) is 179 cm³/mol. The van der Waals surface area contributed by atoms with Gasteiger partial charge in [-0.15, -0.1) is 0 Å². The molecular weight excluding hydrogens is 530 g/mol. The monoisotopic (exact) mass is 579 g/mol. The fraction of sp³-hybridized carbons (Fsp3) is 0.447. The van der Waals surface area contributed by atoms with Crippen LogP contribution >= 0.6 is 0 Å². The summed E-state index contributed by atoms with van der Waals surface area (Å²) in [7, 11) is 0. The number of nitrogens with zero attached hydrogens (tertiary/aromatic N) is 3. The molecule has 0 spiro atoms. The van der Waals surface area contributed by atoms with E-state index in [9.17, 15) is 0 Å². The number of ether oxygens (including phenoxy) is 2. The maximum Gasteiger partial charge on any atom is 0.167 e. The molecule has 0 amide bonds. The first-order chi connectivity index (χ1) is 20.9. The highest BCUT2D eigenvalue weighted by atomic mass is 16.5. The molecule has 1 heterocycles. The van der Waals surface area contributed by atoms with E-state index in [1.54, 1.807) is 0 Å². The minimum Gasteiger partial charge on any atom is -0.493 e. The molecule has 0 aliphatic rings. The first-order valence-corrected chi connectivity index (χ1v) is 16.2. The van der Waals surface area contributed by atoms with Gasteiger partial charge in [0.05, 0.1) is 18.8 Å². The van der Waals surface area contributed by atoms with Crippen LogP contribution in [-0.4, -0.2) is 28.2 Å². The summed E-state index contributed by atoms with van der Waals surface area (Å²) < 4.78 is 12.6. The molecule has 0 saturated carbocycles. The number of aromatic nitrogens is 3. The highest BCUT2D eigenvalue weighted by Gasteiger charge is 2.18. The van der Waals surface area contributed by atoms with Crippen molar-refractivity contribution in [3.63, 3.8) is 0 Å². The molecule has 0 radical (unpaired) electrons. The second-order valence-corrected chi connectivity index (χ2v) is 11.8. The Kier molecular flexibility index (Phi) is 12.1. The fourth-order valence-electron chi connectivity index (χ4n) is 5.37. The Labute approximate surface area is 259 Å². The van der Waals surface area contributed by atoms with Crippen molar-refractivity contribution in [2.75, 3.05) is 13.2 Å². The Balaban J connectivity index is 1.72. The Morgan fingerprint density at radius 2 is 0.953 bits per heavy atom. The molecule has 0 N–H and O–H groups in total. The van der Waals surface area contributed by atoms with Crippen molar-refractivity contribution in [2.45, 2.75) is 99.3 Å². The van der Waals surface area contributed by atoms with E-state index in [0.717, 1.165) is 65.0 Å². The molecule has 0 aliphatic heterocycles. The number of benzene rings is 3. The Morgan fingerprint density at radius 3 is 1.53 bits per heavy atom. The van der Waals surface area contributed by atoms with Gasteiger partial charge >= 0.3 is 0 Å². The van der Waals surface area contributed by atoms with E-state index >= 15 is 0 Å². The van der Waals surface area contributed by atoms with Gasteiger partial charge in [-0.3, -0.25) is 0 Å². The van der Waals surface area contributed by atoms with E-state index < -0.39 is 0 Å². The summed E-state index contributed by atoms with van der Waals surface area (Å²) in [5, 5.41) is 0. The molecule has 228 valence electrons. The van der Waals surface area contributed by atoms with Gasteiger partial charge in [-0.1, -0.05) is 106 Å². The molecule has 4 aromatic rings. The van der Waals surface area contributed by atoms with Gasteiger partial charge in [-0.25, -0.2) is 15.0 Å². The summed E-state index contributed by atoms with van der Waals surface area (Å²) in [6, 6.07) is 18.9. The molecular formula is C38H49N3O2. The molecule has 43 heavy (non-hydrogen) atoms. The second kappa shape index (κ2) is 16.2. The van der Waals surface area contributed by atoms with Crippen molar-refractivity contribution in [3.8, 4) is 45.7 Å². The molecule has 0 saturated heterocycles. The highest BCUT2D eigenvalue weighted by Crippen LogP contribution is 2.35. The van der Waals surface area contributed by atoms with Crippen LogP contribution in [0.1, 0.15) is 93.9 Å². The number of hydrogen-bond acceptors (Lipinski definition) is 5. The summed E-state index contributed by atoms with van der Waals surface area (Å²) >= 11 is 0. The molecule has 0 atom stereocenters. The van der Waals surface area contributed by atoms with Gasteiger partial charge in [0.1, 0.15) is 11.5 Å². The zero-order valence-electron chi connectivity index (χ0n) is 27.1. The minimum atomic E-state index is 0.605. The van der Waals surface area contributed by atoms with Gasteiger partial charge in [0.15, 0.2) is 17.5 Å². The van der Waals surface area contributed by atoms with E-state index in [1.165, 1.54) is 43.2 Å². The van der Waals surface area contributed by atoms with Crippen molar-refractivity contribution in [1.29, 1.82) is 0 Å². The Morgan fingerprint density at radius 1 is 0.488 bits per heavy atom. The lowest BCUT2D eigenvalue weighted by molar-refractivity contribution is 0.291. The molecule has 0 bridgehead atoms. The smallest absolute Gasteiger partial charge is 0.167 e. The van der Waals surface area contributed by atoms with Crippen LogP contribution in [0.5, 0.6) is 11.5 Å². The van der Waals surface area contributed by atoms with Crippen molar-refractivity contribution in [1.82, 2.24) is 15.0 Å². The summed E-state index contributed by atoms with van der Waals surface area (Å²) in [6.07, 6.45) is 10.7. The fourth-order valence-corrected chi connectivity index (χ4v) is 5.37. The SMILES string of the molecule is CCCCCCCCOc1ccc(-c2nc(-c3ccc(C)cc3C)nc(-c3ccc(C)cc3C)n2)c(OCCCCC)c1. The van der Waals surface area contributed by atoms with Gasteiger partial charge in [-0.2, -0.15) is 0 Å². The van der Waals surface area contributed by atoms with E-state index in [-0.39, 0.29) is 0 Å². The van der Waals surface area contributed by atoms with Crippen molar-refractivity contribution < 1.29 is 9.47 Å². The van der Waals surface area contributed by atoms with Crippen LogP contribution in [0.3, 0.4) is 0 Å². The third-order valence-electron chi connectivity index (χ3n) is 7.85. The standard InChI is InChI=1S/C38H49N3O2/c1-7-9-11-12-13-15-22-42-31-18-21-34(35(26-31)43-23-14-10-8-2)38-40-36(32-19-16-27(3)24-29(32)5)39-37(41-38)33-20-17-28(4)25-30(33)6/h16-21,24-26H,7-15,22-23H2,1-6H3. The quantitative estimate of drug-likeness (QED) is 0.124.